The summed E-state index contributed by atoms with van der Waals surface area (Å²) in [4.78, 5) is 12.7. The van der Waals surface area contributed by atoms with Crippen molar-refractivity contribution in [1.29, 1.82) is 0 Å². The van der Waals surface area contributed by atoms with Crippen LogP contribution in [0.3, 0.4) is 0 Å². The molecule has 0 spiro atoms. The summed E-state index contributed by atoms with van der Waals surface area (Å²) in [6.07, 6.45) is 9.28. The zero-order valence-corrected chi connectivity index (χ0v) is 18.6. The van der Waals surface area contributed by atoms with Crippen molar-refractivity contribution in [2.24, 2.45) is 0 Å². The number of sulfonamides is 1. The van der Waals surface area contributed by atoms with Crippen LogP contribution in [0.25, 0.3) is 0 Å². The normalized spacial score (nSPS) is 19.5. The van der Waals surface area contributed by atoms with Crippen LogP contribution in [0.2, 0.25) is 5.02 Å². The first kappa shape index (κ1) is 21.9. The first-order valence-electron chi connectivity index (χ1n) is 10.2. The van der Waals surface area contributed by atoms with Gasteiger partial charge in [0.1, 0.15) is 0 Å². The second-order valence-corrected chi connectivity index (χ2v) is 11.2. The molecule has 0 aromatic heterocycles. The van der Waals surface area contributed by atoms with Gasteiger partial charge < -0.3 is 5.32 Å². The maximum absolute atomic E-state index is 12.9. The minimum Gasteiger partial charge on any atom is -0.351 e. The topological polar surface area (TPSA) is 66.5 Å². The zero-order chi connectivity index (χ0) is 20.0. The van der Waals surface area contributed by atoms with Crippen LogP contribution in [0.5, 0.6) is 0 Å². The molecule has 0 bridgehead atoms. The Morgan fingerprint density at radius 1 is 1.11 bits per heavy atom. The second kappa shape index (κ2) is 10.3. The highest BCUT2D eigenvalue weighted by atomic mass is 35.5. The number of carbonyl (C=O) groups excluding carboxylic acids is 1. The fourth-order valence-electron chi connectivity index (χ4n) is 3.81. The maximum Gasteiger partial charge on any atom is 0.252 e. The van der Waals surface area contributed by atoms with Gasteiger partial charge in [0.15, 0.2) is 0 Å². The molecule has 8 heteroatoms. The van der Waals surface area contributed by atoms with Crippen molar-refractivity contribution in [3.8, 4) is 0 Å². The van der Waals surface area contributed by atoms with Gasteiger partial charge in [0.25, 0.3) is 5.91 Å². The van der Waals surface area contributed by atoms with Crippen LogP contribution in [0.4, 0.5) is 0 Å². The van der Waals surface area contributed by atoms with Crippen molar-refractivity contribution in [1.82, 2.24) is 9.62 Å². The van der Waals surface area contributed by atoms with Gasteiger partial charge in [-0.25, -0.2) is 8.42 Å². The molecule has 1 N–H and O–H groups in total. The van der Waals surface area contributed by atoms with E-state index in [1.165, 1.54) is 54.6 Å². The first-order chi connectivity index (χ1) is 13.5. The highest BCUT2D eigenvalue weighted by molar-refractivity contribution is 7.99. The van der Waals surface area contributed by atoms with E-state index in [9.17, 15) is 13.2 Å². The molecule has 156 valence electrons. The van der Waals surface area contributed by atoms with Crippen LogP contribution in [0.15, 0.2) is 23.1 Å². The number of piperidine rings is 1. The number of nitrogens with zero attached hydrogens (tertiary/aromatic N) is 1. The van der Waals surface area contributed by atoms with E-state index in [-0.39, 0.29) is 21.4 Å². The van der Waals surface area contributed by atoms with E-state index in [1.54, 1.807) is 0 Å². The van der Waals surface area contributed by atoms with E-state index in [2.05, 4.69) is 5.32 Å². The predicted molar refractivity (Wildman–Crippen MR) is 116 cm³/mol. The van der Waals surface area contributed by atoms with E-state index < -0.39 is 10.0 Å². The van der Waals surface area contributed by atoms with Crippen LogP contribution in [0.1, 0.15) is 61.7 Å². The van der Waals surface area contributed by atoms with Crippen molar-refractivity contribution in [3.05, 3.63) is 28.8 Å². The molecule has 1 aromatic rings. The van der Waals surface area contributed by atoms with Crippen LogP contribution in [-0.4, -0.2) is 49.3 Å². The number of amides is 1. The fraction of sp³-hybridized carbons (Fsp3) is 0.650. The van der Waals surface area contributed by atoms with Gasteiger partial charge in [-0.15, -0.1) is 0 Å². The van der Waals surface area contributed by atoms with E-state index in [0.29, 0.717) is 24.9 Å². The number of hydrogen-bond donors (Lipinski definition) is 1. The average Bonchev–Trinajstić information content (AvgIpc) is 2.72. The Balaban J connectivity index is 1.59. The lowest BCUT2D eigenvalue weighted by molar-refractivity contribution is 0.0956. The molecule has 3 rings (SSSR count). The minimum absolute atomic E-state index is 0.139. The average molecular weight is 445 g/mol. The van der Waals surface area contributed by atoms with Crippen LogP contribution in [-0.2, 0) is 10.0 Å². The summed E-state index contributed by atoms with van der Waals surface area (Å²) >= 11 is 8.10. The Kier molecular flexibility index (Phi) is 8.09. The lowest BCUT2D eigenvalue weighted by atomic mass is 10.0. The Hall–Kier alpha value is -0.760. The SMILES string of the molecule is O=C(NCCSC1CCCCC1)c1cc(S(=O)(=O)N2CCCCC2)ccc1Cl. The number of nitrogens with one attached hydrogen (secondary N) is 1. The zero-order valence-electron chi connectivity index (χ0n) is 16.2. The maximum atomic E-state index is 12.9. The molecule has 1 saturated carbocycles. The summed E-state index contributed by atoms with van der Waals surface area (Å²) in [6.45, 7) is 1.62. The molecule has 28 heavy (non-hydrogen) atoms. The standard InChI is InChI=1S/C20H29ClN2O3S2/c21-19-10-9-17(28(25,26)23-12-5-2-6-13-23)15-18(19)20(24)22-11-14-27-16-7-3-1-4-8-16/h9-10,15-16H,1-8,11-14H2,(H,22,24). The molecule has 0 radical (unpaired) electrons. The van der Waals surface area contributed by atoms with Gasteiger partial charge in [-0.3, -0.25) is 4.79 Å². The van der Waals surface area contributed by atoms with Gasteiger partial charge in [0.2, 0.25) is 10.0 Å². The van der Waals surface area contributed by atoms with Crippen molar-refractivity contribution in [2.75, 3.05) is 25.4 Å². The van der Waals surface area contributed by atoms with Crippen LogP contribution < -0.4 is 5.32 Å². The molecule has 1 aliphatic heterocycles. The number of benzene rings is 1. The fourth-order valence-corrected chi connectivity index (χ4v) is 6.78. The molecule has 1 aliphatic carbocycles. The van der Waals surface area contributed by atoms with E-state index in [0.717, 1.165) is 25.0 Å². The molecule has 2 aliphatic rings. The van der Waals surface area contributed by atoms with Gasteiger partial charge in [0.05, 0.1) is 15.5 Å². The Bertz CT molecular complexity index is 774. The number of thioether (sulfide) groups is 1. The summed E-state index contributed by atoms with van der Waals surface area (Å²) in [5, 5.41) is 3.86. The van der Waals surface area contributed by atoms with Gasteiger partial charge in [-0.2, -0.15) is 16.1 Å². The molecule has 2 fully saturated rings. The van der Waals surface area contributed by atoms with Crippen molar-refractivity contribution >= 4 is 39.3 Å². The molecular formula is C20H29ClN2O3S2. The van der Waals surface area contributed by atoms with Gasteiger partial charge in [-0.05, 0) is 43.9 Å². The monoisotopic (exact) mass is 444 g/mol. The Morgan fingerprint density at radius 2 is 1.79 bits per heavy atom. The molecule has 5 nitrogen and oxygen atoms in total. The minimum atomic E-state index is -3.58. The molecule has 1 aromatic carbocycles. The lowest BCUT2D eigenvalue weighted by Gasteiger charge is -2.26. The third kappa shape index (κ3) is 5.65. The van der Waals surface area contributed by atoms with Gasteiger partial charge in [-0.1, -0.05) is 37.3 Å². The van der Waals surface area contributed by atoms with Gasteiger partial charge >= 0.3 is 0 Å². The summed E-state index contributed by atoms with van der Waals surface area (Å²) in [7, 11) is -3.58. The molecular weight excluding hydrogens is 416 g/mol. The van der Waals surface area contributed by atoms with E-state index in [4.69, 9.17) is 11.6 Å². The Labute approximate surface area is 177 Å². The largest absolute Gasteiger partial charge is 0.351 e. The summed E-state index contributed by atoms with van der Waals surface area (Å²) < 4.78 is 27.2. The number of rotatable bonds is 7. The smallest absolute Gasteiger partial charge is 0.252 e. The first-order valence-corrected chi connectivity index (χ1v) is 13.0. The van der Waals surface area contributed by atoms with Crippen LogP contribution >= 0.6 is 23.4 Å². The summed E-state index contributed by atoms with van der Waals surface area (Å²) in [5.74, 6) is 0.546. The number of hydrogen-bond acceptors (Lipinski definition) is 4. The molecule has 1 saturated heterocycles. The van der Waals surface area contributed by atoms with Crippen molar-refractivity contribution < 1.29 is 13.2 Å². The van der Waals surface area contributed by atoms with Crippen molar-refractivity contribution in [3.63, 3.8) is 0 Å². The highest BCUT2D eigenvalue weighted by Gasteiger charge is 2.27. The number of carbonyl (C=O) groups is 1. The molecule has 0 unspecified atom stereocenters. The summed E-state index contributed by atoms with van der Waals surface area (Å²) in [5.41, 5.74) is 0.224. The predicted octanol–water partition coefficient (Wildman–Crippen LogP) is 4.31. The van der Waals surface area contributed by atoms with E-state index in [1.807, 2.05) is 11.8 Å². The Morgan fingerprint density at radius 3 is 2.50 bits per heavy atom. The third-order valence-corrected chi connectivity index (χ3v) is 9.04. The molecule has 0 atom stereocenters. The second-order valence-electron chi connectivity index (χ2n) is 7.49. The molecule has 1 heterocycles. The highest BCUT2D eigenvalue weighted by Crippen LogP contribution is 2.28. The van der Waals surface area contributed by atoms with Crippen LogP contribution in [0, 0.1) is 0 Å². The van der Waals surface area contributed by atoms with Crippen molar-refractivity contribution in [2.45, 2.75) is 61.5 Å². The summed E-state index contributed by atoms with van der Waals surface area (Å²) in [6, 6.07) is 4.40. The third-order valence-electron chi connectivity index (χ3n) is 5.43. The van der Waals surface area contributed by atoms with Gasteiger partial charge in [0, 0.05) is 30.6 Å². The number of halogens is 1. The molecule has 1 amide bonds. The van der Waals surface area contributed by atoms with E-state index >= 15 is 0 Å². The quantitative estimate of drug-likeness (QED) is 0.636. The lowest BCUT2D eigenvalue weighted by Crippen LogP contribution is -2.35.